The van der Waals surface area contributed by atoms with Gasteiger partial charge in [-0.3, -0.25) is 0 Å². The lowest BCUT2D eigenvalue weighted by atomic mass is 9.96. The zero-order valence-corrected chi connectivity index (χ0v) is 21.1. The molecule has 4 aromatic rings. The van der Waals surface area contributed by atoms with Crippen molar-refractivity contribution >= 4 is 0 Å². The molecule has 0 heterocycles. The molecule has 7 heteroatoms. The van der Waals surface area contributed by atoms with E-state index in [0.717, 1.165) is 16.7 Å². The zero-order valence-electron chi connectivity index (χ0n) is 21.1. The third kappa shape index (κ3) is 5.97. The van der Waals surface area contributed by atoms with Gasteiger partial charge in [-0.15, -0.1) is 0 Å². The summed E-state index contributed by atoms with van der Waals surface area (Å²) < 4.78 is 27.3. The smallest absolute Gasteiger partial charge is 0.170 e. The fourth-order valence-electron chi connectivity index (χ4n) is 4.04. The molecule has 0 atom stereocenters. The Morgan fingerprint density at radius 2 is 1.38 bits per heavy atom. The second-order valence-corrected chi connectivity index (χ2v) is 8.29. The Morgan fingerprint density at radius 3 is 2.03 bits per heavy atom. The van der Waals surface area contributed by atoms with Gasteiger partial charge >= 0.3 is 0 Å². The summed E-state index contributed by atoms with van der Waals surface area (Å²) in [7, 11) is 4.61. The van der Waals surface area contributed by atoms with Gasteiger partial charge in [0.25, 0.3) is 0 Å². The molecular formula is C30H30O7. The first-order valence-electron chi connectivity index (χ1n) is 11.7. The second-order valence-electron chi connectivity index (χ2n) is 8.29. The summed E-state index contributed by atoms with van der Waals surface area (Å²) in [4.78, 5) is 0. The van der Waals surface area contributed by atoms with Crippen LogP contribution >= 0.6 is 0 Å². The lowest BCUT2D eigenvalue weighted by Gasteiger charge is -2.18. The lowest BCUT2D eigenvalue weighted by molar-refractivity contribution is -0.0390. The third-order valence-corrected chi connectivity index (χ3v) is 5.86. The maximum atomic E-state index is 11.3. The molecule has 2 N–H and O–H groups in total. The summed E-state index contributed by atoms with van der Waals surface area (Å²) in [5.41, 5.74) is 4.42. The molecule has 192 valence electrons. The number of phenolic OH excluding ortho intramolecular Hbond substituents is 2. The van der Waals surface area contributed by atoms with Crippen molar-refractivity contribution < 1.29 is 33.9 Å². The van der Waals surface area contributed by atoms with Crippen molar-refractivity contribution in [2.45, 2.75) is 13.2 Å². The predicted octanol–water partition coefficient (Wildman–Crippen LogP) is 6.15. The largest absolute Gasteiger partial charge is 0.504 e. The summed E-state index contributed by atoms with van der Waals surface area (Å²) in [5.74, 6) is 0.913. The molecule has 0 saturated heterocycles. The molecule has 0 aromatic heterocycles. The third-order valence-electron chi connectivity index (χ3n) is 5.86. The van der Waals surface area contributed by atoms with Crippen molar-refractivity contribution in [2.24, 2.45) is 0 Å². The van der Waals surface area contributed by atoms with Crippen LogP contribution in [0.2, 0.25) is 0 Å². The van der Waals surface area contributed by atoms with E-state index in [0.29, 0.717) is 47.2 Å². The minimum absolute atomic E-state index is 0.0517. The van der Waals surface area contributed by atoms with Gasteiger partial charge in [-0.25, -0.2) is 0 Å². The first-order valence-corrected chi connectivity index (χ1v) is 11.7. The summed E-state index contributed by atoms with van der Waals surface area (Å²) in [6.45, 7) is 0.966. The quantitative estimate of drug-likeness (QED) is 0.188. The van der Waals surface area contributed by atoms with Crippen LogP contribution in [0.4, 0.5) is 0 Å². The van der Waals surface area contributed by atoms with Gasteiger partial charge in [0.05, 0.1) is 26.4 Å². The maximum Gasteiger partial charge on any atom is 0.170 e. The molecular weight excluding hydrogens is 472 g/mol. The van der Waals surface area contributed by atoms with Crippen molar-refractivity contribution in [1.82, 2.24) is 0 Å². The monoisotopic (exact) mass is 502 g/mol. The molecule has 4 aromatic carbocycles. The molecule has 7 nitrogen and oxygen atoms in total. The Morgan fingerprint density at radius 1 is 0.676 bits per heavy atom. The predicted molar refractivity (Wildman–Crippen MR) is 141 cm³/mol. The van der Waals surface area contributed by atoms with Crippen LogP contribution in [0.3, 0.4) is 0 Å². The number of benzene rings is 4. The van der Waals surface area contributed by atoms with Gasteiger partial charge in [0.15, 0.2) is 23.0 Å². The highest BCUT2D eigenvalue weighted by Gasteiger charge is 2.22. The topological polar surface area (TPSA) is 86.6 Å². The summed E-state index contributed by atoms with van der Waals surface area (Å²) >= 11 is 0. The van der Waals surface area contributed by atoms with Crippen LogP contribution in [0.1, 0.15) is 11.1 Å². The molecule has 0 bridgehead atoms. The standard InChI is InChI=1S/C30H30O7/c1-33-19-36-17-21-9-11-22(12-10-21)24-16-27(34-2)28(29(32)30(24)35-3)23-13-14-26(25(31)15-23)37-18-20-7-5-4-6-8-20/h4-16,31-32H,17-19H2,1-3H3. The second kappa shape index (κ2) is 12.2. The van der Waals surface area contributed by atoms with Gasteiger partial charge in [0, 0.05) is 12.7 Å². The minimum Gasteiger partial charge on any atom is -0.504 e. The van der Waals surface area contributed by atoms with Crippen molar-refractivity contribution in [2.75, 3.05) is 28.1 Å². The number of hydrogen-bond donors (Lipinski definition) is 2. The van der Waals surface area contributed by atoms with E-state index in [4.69, 9.17) is 23.7 Å². The fraction of sp³-hybridized carbons (Fsp3) is 0.200. The highest BCUT2D eigenvalue weighted by molar-refractivity contribution is 5.88. The van der Waals surface area contributed by atoms with Crippen LogP contribution in [0.5, 0.6) is 28.7 Å². The van der Waals surface area contributed by atoms with E-state index >= 15 is 0 Å². The van der Waals surface area contributed by atoms with Gasteiger partial charge in [-0.1, -0.05) is 60.7 Å². The first kappa shape index (κ1) is 25.9. The van der Waals surface area contributed by atoms with Gasteiger partial charge in [0.1, 0.15) is 19.1 Å². The van der Waals surface area contributed by atoms with Gasteiger partial charge < -0.3 is 33.9 Å². The van der Waals surface area contributed by atoms with Gasteiger partial charge in [-0.05, 0) is 40.5 Å². The van der Waals surface area contributed by atoms with Gasteiger partial charge in [-0.2, -0.15) is 0 Å². The summed E-state index contributed by atoms with van der Waals surface area (Å²) in [6, 6.07) is 24.2. The number of rotatable bonds is 11. The van der Waals surface area contributed by atoms with Crippen LogP contribution in [-0.4, -0.2) is 38.3 Å². The van der Waals surface area contributed by atoms with E-state index in [9.17, 15) is 10.2 Å². The fourth-order valence-corrected chi connectivity index (χ4v) is 4.04. The summed E-state index contributed by atoms with van der Waals surface area (Å²) in [5, 5.41) is 21.9. The van der Waals surface area contributed by atoms with E-state index in [1.807, 2.05) is 54.6 Å². The molecule has 0 fully saturated rings. The molecule has 0 amide bonds. The molecule has 37 heavy (non-hydrogen) atoms. The zero-order chi connectivity index (χ0) is 26.2. The maximum absolute atomic E-state index is 11.3. The summed E-state index contributed by atoms with van der Waals surface area (Å²) in [6.07, 6.45) is 0. The van der Waals surface area contributed by atoms with Crippen molar-refractivity contribution in [3.63, 3.8) is 0 Å². The van der Waals surface area contributed by atoms with Gasteiger partial charge in [0.2, 0.25) is 0 Å². The average molecular weight is 503 g/mol. The average Bonchev–Trinajstić information content (AvgIpc) is 2.93. The lowest BCUT2D eigenvalue weighted by Crippen LogP contribution is -1.98. The molecule has 0 saturated carbocycles. The van der Waals surface area contributed by atoms with E-state index in [-0.39, 0.29) is 18.3 Å². The number of hydrogen-bond acceptors (Lipinski definition) is 7. The molecule has 0 aliphatic heterocycles. The van der Waals surface area contributed by atoms with Crippen LogP contribution in [-0.2, 0) is 22.7 Å². The number of aromatic hydroxyl groups is 2. The molecule has 0 unspecified atom stereocenters. The normalized spacial score (nSPS) is 10.8. The molecule has 4 rings (SSSR count). The highest BCUT2D eigenvalue weighted by Crippen LogP contribution is 2.50. The van der Waals surface area contributed by atoms with E-state index in [1.54, 1.807) is 25.3 Å². The van der Waals surface area contributed by atoms with E-state index in [1.165, 1.54) is 20.3 Å². The van der Waals surface area contributed by atoms with E-state index in [2.05, 4.69) is 0 Å². The van der Waals surface area contributed by atoms with Crippen molar-refractivity contribution in [3.05, 3.63) is 90.0 Å². The van der Waals surface area contributed by atoms with Crippen LogP contribution < -0.4 is 14.2 Å². The SMILES string of the molecule is COCOCc1ccc(-c2cc(OC)c(-c3ccc(OCc4ccccc4)c(O)c3)c(O)c2OC)cc1. The first-order chi connectivity index (χ1) is 18.0. The van der Waals surface area contributed by atoms with Crippen LogP contribution in [0.15, 0.2) is 78.9 Å². The Labute approximate surface area is 216 Å². The molecule has 0 radical (unpaired) electrons. The molecule has 0 aliphatic carbocycles. The minimum atomic E-state index is -0.0956. The molecule has 0 spiro atoms. The highest BCUT2D eigenvalue weighted by atomic mass is 16.7. The van der Waals surface area contributed by atoms with Crippen LogP contribution in [0.25, 0.3) is 22.3 Å². The Hall–Kier alpha value is -4.20. The number of methoxy groups -OCH3 is 3. The van der Waals surface area contributed by atoms with Crippen molar-refractivity contribution in [1.29, 1.82) is 0 Å². The number of phenols is 2. The Bertz CT molecular complexity index is 1320. The molecule has 0 aliphatic rings. The Kier molecular flexibility index (Phi) is 8.51. The number of ether oxygens (including phenoxy) is 5. The van der Waals surface area contributed by atoms with Crippen molar-refractivity contribution in [3.8, 4) is 51.0 Å². The Balaban J connectivity index is 1.64. The van der Waals surface area contributed by atoms with E-state index < -0.39 is 0 Å². The van der Waals surface area contributed by atoms with Crippen LogP contribution in [0, 0.1) is 0 Å².